The smallest absolute Gasteiger partial charge is 0.320 e. The summed E-state index contributed by atoms with van der Waals surface area (Å²) in [5.41, 5.74) is 3.28. The van der Waals surface area contributed by atoms with Crippen molar-refractivity contribution in [2.24, 2.45) is 5.92 Å². The number of hydrogen-bond acceptors (Lipinski definition) is 2. The molecular weight excluding hydrogens is 374 g/mol. The quantitative estimate of drug-likeness (QED) is 0.751. The summed E-state index contributed by atoms with van der Waals surface area (Å²) < 4.78 is 0. The predicted molar refractivity (Wildman–Crippen MR) is 122 cm³/mol. The van der Waals surface area contributed by atoms with Crippen LogP contribution in [0, 0.1) is 5.92 Å². The first-order valence-corrected chi connectivity index (χ1v) is 11.0. The van der Waals surface area contributed by atoms with Gasteiger partial charge in [-0.15, -0.1) is 0 Å². The summed E-state index contributed by atoms with van der Waals surface area (Å²) in [5.74, 6) is -0.113. The second kappa shape index (κ2) is 10.3. The lowest BCUT2D eigenvalue weighted by Crippen LogP contribution is -2.51. The van der Waals surface area contributed by atoms with E-state index in [9.17, 15) is 9.59 Å². The first-order chi connectivity index (χ1) is 14.5. The van der Waals surface area contributed by atoms with E-state index in [1.807, 2.05) is 54.0 Å². The Hall–Kier alpha value is -2.82. The largest absolute Gasteiger partial charge is 0.326 e. The molecule has 160 valence electrons. The standard InChI is InChI=1S/C25H33N3O2/c1-4-19-12-14-20(15-13-19)21-16-22(24(29)26-23-10-8-7-9-11-23)18-28(17-21)25(30)27(5-2)6-3/h7-15,21-22H,4-6,16-18H2,1-3H3,(H,26,29). The van der Waals surface area contributed by atoms with Crippen LogP contribution in [0.1, 0.15) is 44.2 Å². The third-order valence-electron chi connectivity index (χ3n) is 6.03. The molecule has 5 nitrogen and oxygen atoms in total. The summed E-state index contributed by atoms with van der Waals surface area (Å²) in [6.07, 6.45) is 1.74. The molecule has 1 saturated heterocycles. The highest BCUT2D eigenvalue weighted by atomic mass is 16.2. The third-order valence-corrected chi connectivity index (χ3v) is 6.03. The molecule has 1 aliphatic heterocycles. The highest BCUT2D eigenvalue weighted by Gasteiger charge is 2.35. The maximum Gasteiger partial charge on any atom is 0.320 e. The molecule has 1 fully saturated rings. The maximum atomic E-state index is 13.1. The molecular formula is C25H33N3O2. The number of anilines is 1. The maximum absolute atomic E-state index is 13.1. The minimum absolute atomic E-state index is 0.0200. The van der Waals surface area contributed by atoms with Gasteiger partial charge in [0.15, 0.2) is 0 Å². The summed E-state index contributed by atoms with van der Waals surface area (Å²) in [4.78, 5) is 29.8. The highest BCUT2D eigenvalue weighted by molar-refractivity contribution is 5.93. The van der Waals surface area contributed by atoms with E-state index in [1.54, 1.807) is 0 Å². The van der Waals surface area contributed by atoms with Gasteiger partial charge in [0.2, 0.25) is 5.91 Å². The minimum atomic E-state index is -0.241. The van der Waals surface area contributed by atoms with E-state index < -0.39 is 0 Å². The van der Waals surface area contributed by atoms with Crippen molar-refractivity contribution in [2.75, 3.05) is 31.5 Å². The van der Waals surface area contributed by atoms with E-state index >= 15 is 0 Å². The lowest BCUT2D eigenvalue weighted by Gasteiger charge is -2.39. The molecule has 3 rings (SSSR count). The summed E-state index contributed by atoms with van der Waals surface area (Å²) in [5, 5.41) is 3.03. The van der Waals surface area contributed by atoms with Crippen molar-refractivity contribution in [2.45, 2.75) is 39.5 Å². The van der Waals surface area contributed by atoms with Crippen LogP contribution in [0.5, 0.6) is 0 Å². The number of aryl methyl sites for hydroxylation is 1. The summed E-state index contributed by atoms with van der Waals surface area (Å²) in [6, 6.07) is 18.2. The van der Waals surface area contributed by atoms with Gasteiger partial charge in [-0.3, -0.25) is 4.79 Å². The van der Waals surface area contributed by atoms with Crippen LogP contribution in [0.25, 0.3) is 0 Å². The zero-order valence-electron chi connectivity index (χ0n) is 18.3. The second-order valence-electron chi connectivity index (χ2n) is 7.94. The van der Waals surface area contributed by atoms with Crippen LogP contribution in [0.4, 0.5) is 10.5 Å². The van der Waals surface area contributed by atoms with Gasteiger partial charge in [-0.05, 0) is 49.9 Å². The van der Waals surface area contributed by atoms with E-state index in [0.717, 1.165) is 18.5 Å². The van der Waals surface area contributed by atoms with Crippen LogP contribution in [0.15, 0.2) is 54.6 Å². The topological polar surface area (TPSA) is 52.7 Å². The molecule has 0 saturated carbocycles. The number of piperidine rings is 1. The molecule has 5 heteroatoms. The van der Waals surface area contributed by atoms with Crippen molar-refractivity contribution in [1.29, 1.82) is 0 Å². The third kappa shape index (κ3) is 5.21. The Labute approximate surface area is 180 Å². The van der Waals surface area contributed by atoms with Gasteiger partial charge in [-0.2, -0.15) is 0 Å². The molecule has 0 aromatic heterocycles. The number of likely N-dealkylation sites (tertiary alicyclic amines) is 1. The second-order valence-corrected chi connectivity index (χ2v) is 7.94. The molecule has 3 amide bonds. The Morgan fingerprint density at radius 3 is 2.23 bits per heavy atom. The average Bonchev–Trinajstić information content (AvgIpc) is 2.80. The van der Waals surface area contributed by atoms with Gasteiger partial charge in [0.05, 0.1) is 5.92 Å². The first kappa shape index (κ1) is 21.9. The van der Waals surface area contributed by atoms with Gasteiger partial charge in [-0.1, -0.05) is 49.4 Å². The number of para-hydroxylation sites is 1. The fraction of sp³-hybridized carbons (Fsp3) is 0.440. The Bertz CT molecular complexity index is 831. The van der Waals surface area contributed by atoms with Crippen LogP contribution < -0.4 is 5.32 Å². The molecule has 0 aliphatic carbocycles. The molecule has 2 unspecified atom stereocenters. The van der Waals surface area contributed by atoms with Gasteiger partial charge < -0.3 is 15.1 Å². The molecule has 0 bridgehead atoms. The number of urea groups is 1. The van der Waals surface area contributed by atoms with Gasteiger partial charge in [0.1, 0.15) is 0 Å². The van der Waals surface area contributed by atoms with Crippen molar-refractivity contribution >= 4 is 17.6 Å². The van der Waals surface area contributed by atoms with Gasteiger partial charge in [0.25, 0.3) is 0 Å². The van der Waals surface area contributed by atoms with E-state index in [-0.39, 0.29) is 23.8 Å². The number of amides is 3. The lowest BCUT2D eigenvalue weighted by atomic mass is 9.83. The number of carbonyl (C=O) groups excluding carboxylic acids is 2. The summed E-state index contributed by atoms with van der Waals surface area (Å²) in [7, 11) is 0. The Morgan fingerprint density at radius 2 is 1.63 bits per heavy atom. The van der Waals surface area contributed by atoms with Crippen LogP contribution in [-0.4, -0.2) is 47.9 Å². The number of carbonyl (C=O) groups is 2. The zero-order chi connectivity index (χ0) is 21.5. The lowest BCUT2D eigenvalue weighted by molar-refractivity contribution is -0.121. The Kier molecular flexibility index (Phi) is 7.50. The van der Waals surface area contributed by atoms with Gasteiger partial charge >= 0.3 is 6.03 Å². The van der Waals surface area contributed by atoms with Gasteiger partial charge in [0, 0.05) is 37.8 Å². The molecule has 1 heterocycles. The van der Waals surface area contributed by atoms with Crippen LogP contribution in [0.3, 0.4) is 0 Å². The van der Waals surface area contributed by atoms with Crippen LogP contribution >= 0.6 is 0 Å². The monoisotopic (exact) mass is 407 g/mol. The number of hydrogen-bond donors (Lipinski definition) is 1. The SMILES string of the molecule is CCc1ccc(C2CC(C(=O)Nc3ccccc3)CN(C(=O)N(CC)CC)C2)cc1. The van der Waals surface area contributed by atoms with E-state index in [4.69, 9.17) is 0 Å². The fourth-order valence-corrected chi connectivity index (χ4v) is 4.17. The zero-order valence-corrected chi connectivity index (χ0v) is 18.3. The summed E-state index contributed by atoms with van der Waals surface area (Å²) >= 11 is 0. The summed E-state index contributed by atoms with van der Waals surface area (Å²) in [6.45, 7) is 8.57. The Balaban J connectivity index is 1.82. The predicted octanol–water partition coefficient (Wildman–Crippen LogP) is 4.76. The van der Waals surface area contributed by atoms with Crippen molar-refractivity contribution < 1.29 is 9.59 Å². The molecule has 2 atom stereocenters. The van der Waals surface area contributed by atoms with Crippen molar-refractivity contribution in [1.82, 2.24) is 9.80 Å². The van der Waals surface area contributed by atoms with Crippen molar-refractivity contribution in [3.05, 3.63) is 65.7 Å². The van der Waals surface area contributed by atoms with E-state index in [2.05, 4.69) is 36.5 Å². The highest BCUT2D eigenvalue weighted by Crippen LogP contribution is 2.32. The molecule has 2 aromatic rings. The molecule has 0 radical (unpaired) electrons. The van der Waals surface area contributed by atoms with Crippen LogP contribution in [-0.2, 0) is 11.2 Å². The normalized spacial score (nSPS) is 18.7. The minimum Gasteiger partial charge on any atom is -0.326 e. The average molecular weight is 408 g/mol. The van der Waals surface area contributed by atoms with E-state index in [0.29, 0.717) is 26.2 Å². The molecule has 2 aromatic carbocycles. The molecule has 1 aliphatic rings. The number of rotatable bonds is 6. The number of benzene rings is 2. The van der Waals surface area contributed by atoms with E-state index in [1.165, 1.54) is 11.1 Å². The van der Waals surface area contributed by atoms with Gasteiger partial charge in [-0.25, -0.2) is 4.79 Å². The van der Waals surface area contributed by atoms with Crippen molar-refractivity contribution in [3.8, 4) is 0 Å². The molecule has 1 N–H and O–H groups in total. The fourth-order valence-electron chi connectivity index (χ4n) is 4.17. The van der Waals surface area contributed by atoms with Crippen molar-refractivity contribution in [3.63, 3.8) is 0 Å². The number of nitrogens with zero attached hydrogens (tertiary/aromatic N) is 2. The first-order valence-electron chi connectivity index (χ1n) is 11.0. The Morgan fingerprint density at radius 1 is 0.967 bits per heavy atom. The van der Waals surface area contributed by atoms with Crippen LogP contribution in [0.2, 0.25) is 0 Å². The molecule has 0 spiro atoms. The number of nitrogens with one attached hydrogen (secondary N) is 1. The molecule has 30 heavy (non-hydrogen) atoms.